The predicted molar refractivity (Wildman–Crippen MR) is 79.9 cm³/mol. The van der Waals surface area contributed by atoms with Gasteiger partial charge in [0.1, 0.15) is 5.69 Å². The molecular formula is C15H19N3O3. The molecule has 0 aliphatic carbocycles. The van der Waals surface area contributed by atoms with Gasteiger partial charge in [0.2, 0.25) is 0 Å². The molecular weight excluding hydrogens is 270 g/mol. The summed E-state index contributed by atoms with van der Waals surface area (Å²) in [7, 11) is 0. The third kappa shape index (κ3) is 3.66. The maximum atomic E-state index is 10.8. The molecule has 0 spiro atoms. The van der Waals surface area contributed by atoms with E-state index in [1.807, 2.05) is 6.92 Å². The largest absolute Gasteiger partial charge is 0.356 e. The van der Waals surface area contributed by atoms with Crippen molar-refractivity contribution in [3.8, 4) is 11.3 Å². The second kappa shape index (κ2) is 6.49. The van der Waals surface area contributed by atoms with E-state index in [0.717, 1.165) is 17.8 Å². The van der Waals surface area contributed by atoms with Crippen LogP contribution in [0.1, 0.15) is 25.1 Å². The van der Waals surface area contributed by atoms with Crippen LogP contribution in [0.2, 0.25) is 0 Å². The number of hydrogen-bond acceptors (Lipinski definition) is 5. The summed E-state index contributed by atoms with van der Waals surface area (Å²) in [6, 6.07) is 6.39. The van der Waals surface area contributed by atoms with Gasteiger partial charge < -0.3 is 9.84 Å². The topological polar surface area (TPSA) is 81.2 Å². The van der Waals surface area contributed by atoms with Crippen LogP contribution < -0.4 is 5.32 Å². The molecule has 0 aliphatic rings. The van der Waals surface area contributed by atoms with E-state index < -0.39 is 4.92 Å². The summed E-state index contributed by atoms with van der Waals surface area (Å²) >= 11 is 0. The summed E-state index contributed by atoms with van der Waals surface area (Å²) in [5.74, 6) is 1.15. The number of nitro benzene ring substituents is 1. The zero-order valence-electron chi connectivity index (χ0n) is 12.4. The van der Waals surface area contributed by atoms with Crippen molar-refractivity contribution in [2.24, 2.45) is 5.92 Å². The summed E-state index contributed by atoms with van der Waals surface area (Å²) in [6.45, 7) is 7.71. The van der Waals surface area contributed by atoms with Crippen LogP contribution in [0, 0.1) is 23.0 Å². The summed E-state index contributed by atoms with van der Waals surface area (Å²) in [5.41, 5.74) is 2.45. The molecule has 112 valence electrons. The number of nitrogens with one attached hydrogen (secondary N) is 1. The van der Waals surface area contributed by atoms with Crippen LogP contribution in [-0.2, 0) is 6.54 Å². The van der Waals surface area contributed by atoms with Gasteiger partial charge in [-0.1, -0.05) is 31.1 Å². The second-order valence-electron chi connectivity index (χ2n) is 5.42. The Hall–Kier alpha value is -2.21. The minimum absolute atomic E-state index is 0.0442. The molecule has 0 saturated carbocycles. The average Bonchev–Trinajstić information content (AvgIpc) is 2.80. The Morgan fingerprint density at radius 1 is 1.43 bits per heavy atom. The molecule has 1 heterocycles. The molecule has 0 aliphatic heterocycles. The fourth-order valence-electron chi connectivity index (χ4n) is 2.04. The first kappa shape index (κ1) is 15.2. The van der Waals surface area contributed by atoms with E-state index in [1.54, 1.807) is 12.1 Å². The summed E-state index contributed by atoms with van der Waals surface area (Å²) in [5, 5.41) is 18.2. The van der Waals surface area contributed by atoms with Crippen LogP contribution >= 0.6 is 0 Å². The number of aromatic nitrogens is 1. The van der Waals surface area contributed by atoms with E-state index in [2.05, 4.69) is 24.3 Å². The van der Waals surface area contributed by atoms with E-state index in [9.17, 15) is 10.1 Å². The van der Waals surface area contributed by atoms with Crippen molar-refractivity contribution >= 4 is 5.69 Å². The van der Waals surface area contributed by atoms with Crippen molar-refractivity contribution in [3.63, 3.8) is 0 Å². The summed E-state index contributed by atoms with van der Waals surface area (Å²) in [6.07, 6.45) is 0. The van der Waals surface area contributed by atoms with E-state index >= 15 is 0 Å². The molecule has 6 nitrogen and oxygen atoms in total. The third-order valence-electron chi connectivity index (χ3n) is 3.18. The Morgan fingerprint density at radius 2 is 2.19 bits per heavy atom. The number of benzene rings is 1. The molecule has 0 unspecified atom stereocenters. The van der Waals surface area contributed by atoms with E-state index in [-0.39, 0.29) is 5.69 Å². The van der Waals surface area contributed by atoms with Gasteiger partial charge in [-0.15, -0.1) is 0 Å². The highest BCUT2D eigenvalue weighted by Gasteiger charge is 2.16. The number of rotatable bonds is 6. The van der Waals surface area contributed by atoms with Gasteiger partial charge >= 0.3 is 0 Å². The van der Waals surface area contributed by atoms with Crippen molar-refractivity contribution in [1.82, 2.24) is 10.5 Å². The first-order valence-electron chi connectivity index (χ1n) is 6.89. The van der Waals surface area contributed by atoms with Crippen molar-refractivity contribution in [3.05, 3.63) is 45.6 Å². The smallest absolute Gasteiger partial charge is 0.270 e. The Bertz CT molecular complexity index is 635. The lowest BCUT2D eigenvalue weighted by Crippen LogP contribution is -2.19. The van der Waals surface area contributed by atoms with Crippen LogP contribution in [0.5, 0.6) is 0 Å². The maximum Gasteiger partial charge on any atom is 0.270 e. The van der Waals surface area contributed by atoms with Gasteiger partial charge in [-0.25, -0.2) is 0 Å². The molecule has 1 aromatic carbocycles. The highest BCUT2D eigenvalue weighted by Crippen LogP contribution is 2.28. The van der Waals surface area contributed by atoms with Gasteiger partial charge in [0, 0.05) is 29.8 Å². The minimum Gasteiger partial charge on any atom is -0.356 e. The Labute approximate surface area is 123 Å². The van der Waals surface area contributed by atoms with Crippen LogP contribution in [0.3, 0.4) is 0 Å². The van der Waals surface area contributed by atoms with Crippen molar-refractivity contribution in [1.29, 1.82) is 0 Å². The highest BCUT2D eigenvalue weighted by atomic mass is 16.6. The fourth-order valence-corrected chi connectivity index (χ4v) is 2.04. The summed E-state index contributed by atoms with van der Waals surface area (Å²) < 4.78 is 5.36. The number of non-ortho nitro benzene ring substituents is 1. The second-order valence-corrected chi connectivity index (χ2v) is 5.42. The normalized spacial score (nSPS) is 11.0. The highest BCUT2D eigenvalue weighted by molar-refractivity contribution is 5.64. The summed E-state index contributed by atoms with van der Waals surface area (Å²) in [4.78, 5) is 10.4. The van der Waals surface area contributed by atoms with Crippen LogP contribution in [0.25, 0.3) is 11.3 Å². The standard InChI is InChI=1S/C15H19N3O3/c1-10(2)8-16-9-14-11(3)15(21-17-14)12-5-4-6-13(7-12)18(19)20/h4-7,10,16H,8-9H2,1-3H3. The van der Waals surface area contributed by atoms with Gasteiger partial charge in [0.15, 0.2) is 5.76 Å². The minimum atomic E-state index is -0.416. The van der Waals surface area contributed by atoms with Crippen LogP contribution in [-0.4, -0.2) is 16.6 Å². The van der Waals surface area contributed by atoms with Gasteiger partial charge in [-0.2, -0.15) is 0 Å². The SMILES string of the molecule is Cc1c(CNCC(C)C)noc1-c1cccc([N+](=O)[O-])c1. The van der Waals surface area contributed by atoms with Crippen molar-refractivity contribution in [2.75, 3.05) is 6.54 Å². The molecule has 1 aromatic heterocycles. The van der Waals surface area contributed by atoms with Crippen molar-refractivity contribution < 1.29 is 9.45 Å². The molecule has 0 amide bonds. The Kier molecular flexibility index (Phi) is 4.70. The fraction of sp³-hybridized carbons (Fsp3) is 0.400. The zero-order valence-corrected chi connectivity index (χ0v) is 12.4. The van der Waals surface area contributed by atoms with Crippen LogP contribution in [0.15, 0.2) is 28.8 Å². The average molecular weight is 289 g/mol. The van der Waals surface area contributed by atoms with E-state index in [4.69, 9.17) is 4.52 Å². The molecule has 1 N–H and O–H groups in total. The van der Waals surface area contributed by atoms with Gasteiger partial charge in [-0.05, 0) is 19.4 Å². The quantitative estimate of drug-likeness (QED) is 0.651. The Balaban J connectivity index is 2.19. The molecule has 0 bridgehead atoms. The van der Waals surface area contributed by atoms with Gasteiger partial charge in [-0.3, -0.25) is 10.1 Å². The molecule has 6 heteroatoms. The molecule has 0 atom stereocenters. The molecule has 0 saturated heterocycles. The van der Waals surface area contributed by atoms with Crippen LogP contribution in [0.4, 0.5) is 5.69 Å². The van der Waals surface area contributed by atoms with E-state index in [0.29, 0.717) is 23.8 Å². The monoisotopic (exact) mass is 289 g/mol. The molecule has 2 aromatic rings. The lowest BCUT2D eigenvalue weighted by atomic mass is 10.1. The van der Waals surface area contributed by atoms with Gasteiger partial charge in [0.25, 0.3) is 5.69 Å². The maximum absolute atomic E-state index is 10.8. The zero-order chi connectivity index (χ0) is 15.4. The first-order chi connectivity index (χ1) is 9.99. The first-order valence-corrected chi connectivity index (χ1v) is 6.89. The van der Waals surface area contributed by atoms with Crippen molar-refractivity contribution in [2.45, 2.75) is 27.3 Å². The van der Waals surface area contributed by atoms with E-state index in [1.165, 1.54) is 12.1 Å². The lowest BCUT2D eigenvalue weighted by molar-refractivity contribution is -0.384. The third-order valence-corrected chi connectivity index (χ3v) is 3.18. The number of hydrogen-bond donors (Lipinski definition) is 1. The molecule has 21 heavy (non-hydrogen) atoms. The molecule has 2 rings (SSSR count). The lowest BCUT2D eigenvalue weighted by Gasteiger charge is -2.05. The predicted octanol–water partition coefficient (Wildman–Crippen LogP) is 3.30. The molecule has 0 fully saturated rings. The number of nitro groups is 1. The Morgan fingerprint density at radius 3 is 2.86 bits per heavy atom. The molecule has 0 radical (unpaired) electrons. The number of nitrogens with zero attached hydrogens (tertiary/aromatic N) is 2. The van der Waals surface area contributed by atoms with Gasteiger partial charge in [0.05, 0.1) is 4.92 Å².